The molecule has 274 valence electrons. The molecule has 14 nitrogen and oxygen atoms in total. The van der Waals surface area contributed by atoms with E-state index in [9.17, 15) is 24.0 Å². The number of imidazole rings is 1. The Morgan fingerprint density at radius 3 is 2.27 bits per heavy atom. The number of rotatable bonds is 15. The summed E-state index contributed by atoms with van der Waals surface area (Å²) >= 11 is 0. The van der Waals surface area contributed by atoms with E-state index in [1.807, 2.05) is 60.7 Å². The second-order valence-electron chi connectivity index (χ2n) is 14.0. The van der Waals surface area contributed by atoms with Gasteiger partial charge >= 0.3 is 6.09 Å². The third kappa shape index (κ3) is 12.2. The molecule has 2 heterocycles. The van der Waals surface area contributed by atoms with Gasteiger partial charge in [0.15, 0.2) is 5.82 Å². The van der Waals surface area contributed by atoms with Crippen LogP contribution < -0.4 is 21.3 Å². The van der Waals surface area contributed by atoms with Crippen LogP contribution in [0.5, 0.6) is 0 Å². The van der Waals surface area contributed by atoms with Gasteiger partial charge in [-0.1, -0.05) is 60.7 Å². The Kier molecular flexibility index (Phi) is 13.3. The summed E-state index contributed by atoms with van der Waals surface area (Å²) < 4.78 is 12.6. The monoisotopic (exact) mass is 703 g/mol. The third-order valence-electron chi connectivity index (χ3n) is 8.03. The maximum atomic E-state index is 13.5. The van der Waals surface area contributed by atoms with Crippen LogP contribution in [0.1, 0.15) is 58.6 Å². The average molecular weight is 704 g/mol. The van der Waals surface area contributed by atoms with Crippen molar-refractivity contribution in [2.75, 3.05) is 25.0 Å². The van der Waals surface area contributed by atoms with Crippen molar-refractivity contribution >= 4 is 35.5 Å². The number of amides is 5. The van der Waals surface area contributed by atoms with E-state index in [1.165, 1.54) is 30.9 Å². The maximum absolute atomic E-state index is 13.5. The molecule has 0 unspecified atom stereocenters. The van der Waals surface area contributed by atoms with Gasteiger partial charge in [-0.3, -0.25) is 19.2 Å². The minimum absolute atomic E-state index is 0.0818. The number of benzene rings is 2. The maximum Gasteiger partial charge on any atom is 0.408 e. The van der Waals surface area contributed by atoms with Crippen LogP contribution in [-0.4, -0.2) is 87.1 Å². The highest BCUT2D eigenvalue weighted by molar-refractivity contribution is 5.98. The quantitative estimate of drug-likeness (QED) is 0.187. The van der Waals surface area contributed by atoms with Crippen molar-refractivity contribution in [2.24, 2.45) is 0 Å². The number of nitrogens with one attached hydrogen (secondary N) is 4. The smallest absolute Gasteiger partial charge is 0.408 e. The van der Waals surface area contributed by atoms with E-state index in [4.69, 9.17) is 9.47 Å². The summed E-state index contributed by atoms with van der Waals surface area (Å²) in [7, 11) is 0. The lowest BCUT2D eigenvalue weighted by molar-refractivity contribution is -0.138. The van der Waals surface area contributed by atoms with Crippen molar-refractivity contribution in [1.29, 1.82) is 0 Å². The van der Waals surface area contributed by atoms with Crippen molar-refractivity contribution in [3.63, 3.8) is 0 Å². The molecule has 14 heteroatoms. The Bertz CT molecular complexity index is 1640. The highest BCUT2D eigenvalue weighted by Gasteiger charge is 2.36. The Morgan fingerprint density at radius 1 is 0.941 bits per heavy atom. The van der Waals surface area contributed by atoms with E-state index in [0.717, 1.165) is 17.5 Å². The highest BCUT2D eigenvalue weighted by Crippen LogP contribution is 2.19. The molecule has 0 aliphatic carbocycles. The molecule has 0 spiro atoms. The van der Waals surface area contributed by atoms with Gasteiger partial charge in [0.1, 0.15) is 29.8 Å². The predicted molar refractivity (Wildman–Crippen MR) is 190 cm³/mol. The van der Waals surface area contributed by atoms with Crippen molar-refractivity contribution in [3.05, 3.63) is 84.3 Å². The molecule has 4 rings (SSSR count). The van der Waals surface area contributed by atoms with E-state index in [-0.39, 0.29) is 37.4 Å². The molecule has 1 aromatic heterocycles. The molecule has 51 heavy (non-hydrogen) atoms. The number of carbonyl (C=O) groups is 5. The molecule has 1 saturated heterocycles. The number of nitrogens with zero attached hydrogens (tertiary/aromatic N) is 3. The number of ether oxygens (including phenoxy) is 2. The van der Waals surface area contributed by atoms with Crippen molar-refractivity contribution in [2.45, 2.75) is 90.3 Å². The summed E-state index contributed by atoms with van der Waals surface area (Å²) in [6.07, 6.45) is 4.12. The SMILES string of the molecule is CC(C)(C)OC(=O)NC(C)(C)C(=O)N[C@H](COCc1ccccc1)C(=O)Nc1cn(CC(=O)N2CCC[C@@H]2C(=O)NCCc2ccccc2)cn1. The van der Waals surface area contributed by atoms with Crippen LogP contribution in [0.15, 0.2) is 73.2 Å². The van der Waals surface area contributed by atoms with Crippen LogP contribution >= 0.6 is 0 Å². The molecule has 0 radical (unpaired) electrons. The van der Waals surface area contributed by atoms with Gasteiger partial charge in [0.25, 0.3) is 5.91 Å². The van der Waals surface area contributed by atoms with E-state index in [0.29, 0.717) is 25.9 Å². The summed E-state index contributed by atoms with van der Waals surface area (Å²) in [6, 6.07) is 17.5. The fourth-order valence-corrected chi connectivity index (χ4v) is 5.41. The van der Waals surface area contributed by atoms with E-state index >= 15 is 0 Å². The van der Waals surface area contributed by atoms with Crippen molar-refractivity contribution < 1.29 is 33.4 Å². The minimum Gasteiger partial charge on any atom is -0.444 e. The van der Waals surface area contributed by atoms with Crippen LogP contribution in [0.2, 0.25) is 0 Å². The first-order valence-corrected chi connectivity index (χ1v) is 17.1. The van der Waals surface area contributed by atoms with Crippen LogP contribution in [0.25, 0.3) is 0 Å². The lowest BCUT2D eigenvalue weighted by Gasteiger charge is -2.29. The van der Waals surface area contributed by atoms with Gasteiger partial charge in [0.05, 0.1) is 19.5 Å². The second kappa shape index (κ2) is 17.6. The summed E-state index contributed by atoms with van der Waals surface area (Å²) in [5.41, 5.74) is -0.212. The largest absolute Gasteiger partial charge is 0.444 e. The van der Waals surface area contributed by atoms with Gasteiger partial charge in [0.2, 0.25) is 17.7 Å². The molecule has 1 fully saturated rings. The fraction of sp³-hybridized carbons (Fsp3) is 0.459. The van der Waals surface area contributed by atoms with Crippen LogP contribution in [-0.2, 0) is 48.2 Å². The van der Waals surface area contributed by atoms with Crippen molar-refractivity contribution in [3.8, 4) is 0 Å². The fourth-order valence-electron chi connectivity index (χ4n) is 5.41. The normalized spacial score (nSPS) is 15.1. The number of aromatic nitrogens is 2. The Hall–Kier alpha value is -5.24. The summed E-state index contributed by atoms with van der Waals surface area (Å²) in [5, 5.41) is 10.8. The number of hydrogen-bond donors (Lipinski definition) is 4. The molecular formula is C37H49N7O7. The molecule has 2 aromatic carbocycles. The van der Waals surface area contributed by atoms with Crippen LogP contribution in [0.3, 0.4) is 0 Å². The van der Waals surface area contributed by atoms with Gasteiger partial charge in [-0.25, -0.2) is 9.78 Å². The number of likely N-dealkylation sites (tertiary alicyclic amines) is 1. The van der Waals surface area contributed by atoms with Crippen LogP contribution in [0.4, 0.5) is 10.6 Å². The first-order chi connectivity index (χ1) is 24.2. The Balaban J connectivity index is 1.34. The molecule has 0 saturated carbocycles. The van der Waals surface area contributed by atoms with Gasteiger partial charge < -0.3 is 40.2 Å². The molecule has 2 atom stereocenters. The van der Waals surface area contributed by atoms with Gasteiger partial charge in [-0.15, -0.1) is 0 Å². The minimum atomic E-state index is -1.44. The second-order valence-corrected chi connectivity index (χ2v) is 14.0. The zero-order chi connectivity index (χ0) is 37.0. The molecule has 3 aromatic rings. The first-order valence-electron chi connectivity index (χ1n) is 17.1. The standard InChI is InChI=1S/C37H49N7O7/c1-36(2,3)51-35(49)42-37(4,5)34(48)40-28(24-50-23-27-15-10-7-11-16-27)32(46)41-30-21-43(25-39-30)22-31(45)44-20-12-17-29(44)33(47)38-19-18-26-13-8-6-9-14-26/h6-11,13-16,21,25,28-29H,12,17-20,22-24H2,1-5H3,(H,38,47)(H,40,48)(H,41,46)(H,42,49)/t28-,29-/m1/s1. The Labute approximate surface area is 298 Å². The van der Waals surface area contributed by atoms with Gasteiger partial charge in [0, 0.05) is 19.3 Å². The van der Waals surface area contributed by atoms with Gasteiger partial charge in [-0.05, 0) is 65.0 Å². The zero-order valence-electron chi connectivity index (χ0n) is 29.9. The van der Waals surface area contributed by atoms with Gasteiger partial charge in [-0.2, -0.15) is 0 Å². The molecule has 1 aliphatic heterocycles. The number of hydrogen-bond acceptors (Lipinski definition) is 8. The Morgan fingerprint density at radius 2 is 1.61 bits per heavy atom. The first kappa shape index (κ1) is 38.6. The lowest BCUT2D eigenvalue weighted by atomic mass is 10.0. The van der Waals surface area contributed by atoms with Crippen LogP contribution in [0, 0.1) is 0 Å². The lowest BCUT2D eigenvalue weighted by Crippen LogP contribution is -2.59. The topological polar surface area (TPSA) is 173 Å². The molecular weight excluding hydrogens is 654 g/mol. The summed E-state index contributed by atoms with van der Waals surface area (Å²) in [6.45, 7) is 8.97. The summed E-state index contributed by atoms with van der Waals surface area (Å²) in [5.74, 6) is -1.53. The average Bonchev–Trinajstić information content (AvgIpc) is 3.74. The molecule has 5 amide bonds. The third-order valence-corrected chi connectivity index (χ3v) is 8.03. The molecule has 4 N–H and O–H groups in total. The highest BCUT2D eigenvalue weighted by atomic mass is 16.6. The van der Waals surface area contributed by atoms with E-state index in [2.05, 4.69) is 26.3 Å². The van der Waals surface area contributed by atoms with E-state index in [1.54, 1.807) is 25.7 Å². The number of carbonyl (C=O) groups excluding carboxylic acids is 5. The molecule has 1 aliphatic rings. The zero-order valence-corrected chi connectivity index (χ0v) is 29.9. The summed E-state index contributed by atoms with van der Waals surface area (Å²) in [4.78, 5) is 71.2. The number of alkyl carbamates (subject to hydrolysis) is 1. The van der Waals surface area contributed by atoms with E-state index < -0.39 is 41.1 Å². The molecule has 0 bridgehead atoms. The predicted octanol–water partition coefficient (Wildman–Crippen LogP) is 3.18. The number of anilines is 1. The van der Waals surface area contributed by atoms with Crippen molar-refractivity contribution in [1.82, 2.24) is 30.4 Å².